The van der Waals surface area contributed by atoms with E-state index < -0.39 is 0 Å². The predicted octanol–water partition coefficient (Wildman–Crippen LogP) is 1.55. The number of rotatable bonds is 5. The molecular formula is C15H23N3O2. The minimum atomic E-state index is -0.125. The lowest BCUT2D eigenvalue weighted by Crippen LogP contribution is -2.40. The number of aromatic nitrogens is 1. The average molecular weight is 277 g/mol. The van der Waals surface area contributed by atoms with Crippen LogP contribution in [0.1, 0.15) is 30.1 Å². The topological polar surface area (TPSA) is 54.5 Å². The number of carbonyl (C=O) groups is 1. The summed E-state index contributed by atoms with van der Waals surface area (Å²) in [6.07, 6.45) is 4.19. The third kappa shape index (κ3) is 3.93. The van der Waals surface area contributed by atoms with E-state index in [-0.39, 0.29) is 5.91 Å². The molecule has 1 N–H and O–H groups in total. The number of nitrogens with one attached hydrogen (secondary N) is 1. The van der Waals surface area contributed by atoms with Crippen LogP contribution in [0.25, 0.3) is 0 Å². The van der Waals surface area contributed by atoms with Crippen LogP contribution in [0.15, 0.2) is 18.3 Å². The van der Waals surface area contributed by atoms with Crippen molar-refractivity contribution in [2.75, 3.05) is 33.3 Å². The van der Waals surface area contributed by atoms with Gasteiger partial charge in [0.05, 0.1) is 7.11 Å². The molecule has 1 saturated heterocycles. The van der Waals surface area contributed by atoms with Gasteiger partial charge >= 0.3 is 0 Å². The highest BCUT2D eigenvalue weighted by Crippen LogP contribution is 2.15. The number of ether oxygens (including phenoxy) is 1. The van der Waals surface area contributed by atoms with Gasteiger partial charge in [-0.25, -0.2) is 4.98 Å². The molecule has 2 rings (SSSR count). The Kier molecular flexibility index (Phi) is 5.35. The van der Waals surface area contributed by atoms with E-state index in [9.17, 15) is 4.79 Å². The van der Waals surface area contributed by atoms with Crippen LogP contribution in [0.4, 0.5) is 0 Å². The summed E-state index contributed by atoms with van der Waals surface area (Å²) in [5.74, 6) is 1.01. The van der Waals surface area contributed by atoms with Crippen LogP contribution in [0.3, 0.4) is 0 Å². The van der Waals surface area contributed by atoms with E-state index in [2.05, 4.69) is 22.1 Å². The highest BCUT2D eigenvalue weighted by Gasteiger charge is 2.16. The summed E-state index contributed by atoms with van der Waals surface area (Å²) in [7, 11) is 1.52. The normalized spacial score (nSPS) is 19.6. The van der Waals surface area contributed by atoms with Crippen LogP contribution >= 0.6 is 0 Å². The maximum absolute atomic E-state index is 12.1. The second kappa shape index (κ2) is 7.24. The molecule has 20 heavy (non-hydrogen) atoms. The van der Waals surface area contributed by atoms with Gasteiger partial charge in [-0.2, -0.15) is 0 Å². The zero-order chi connectivity index (χ0) is 14.4. The maximum atomic E-state index is 12.1. The monoisotopic (exact) mass is 277 g/mol. The maximum Gasteiger partial charge on any atom is 0.256 e. The second-order valence-corrected chi connectivity index (χ2v) is 5.36. The Morgan fingerprint density at radius 2 is 2.45 bits per heavy atom. The Labute approximate surface area is 120 Å². The van der Waals surface area contributed by atoms with Gasteiger partial charge < -0.3 is 15.0 Å². The average Bonchev–Trinajstić information content (AvgIpc) is 2.47. The molecule has 0 spiro atoms. The van der Waals surface area contributed by atoms with Crippen molar-refractivity contribution < 1.29 is 9.53 Å². The smallest absolute Gasteiger partial charge is 0.256 e. The van der Waals surface area contributed by atoms with E-state index in [1.807, 2.05) is 0 Å². The lowest BCUT2D eigenvalue weighted by Gasteiger charge is -2.30. The Bertz CT molecular complexity index is 450. The van der Waals surface area contributed by atoms with Gasteiger partial charge in [0.1, 0.15) is 5.56 Å². The quantitative estimate of drug-likeness (QED) is 0.887. The van der Waals surface area contributed by atoms with Gasteiger partial charge in [-0.1, -0.05) is 6.92 Å². The number of nitrogens with zero attached hydrogens (tertiary/aromatic N) is 2. The third-order valence-electron chi connectivity index (χ3n) is 3.66. The first-order valence-corrected chi connectivity index (χ1v) is 7.20. The number of piperidine rings is 1. The summed E-state index contributed by atoms with van der Waals surface area (Å²) >= 11 is 0. The highest BCUT2D eigenvalue weighted by molar-refractivity contribution is 5.96. The van der Waals surface area contributed by atoms with Crippen molar-refractivity contribution in [3.8, 4) is 5.88 Å². The van der Waals surface area contributed by atoms with Gasteiger partial charge in [-0.05, 0) is 37.4 Å². The van der Waals surface area contributed by atoms with E-state index in [1.165, 1.54) is 20.0 Å². The Morgan fingerprint density at radius 3 is 3.20 bits per heavy atom. The molecule has 0 radical (unpaired) electrons. The molecule has 1 aliphatic rings. The van der Waals surface area contributed by atoms with Crippen molar-refractivity contribution in [1.29, 1.82) is 0 Å². The van der Waals surface area contributed by atoms with E-state index in [0.29, 0.717) is 18.0 Å². The van der Waals surface area contributed by atoms with Crippen molar-refractivity contribution >= 4 is 5.91 Å². The van der Waals surface area contributed by atoms with Crippen LogP contribution in [0, 0.1) is 5.92 Å². The molecule has 5 heteroatoms. The van der Waals surface area contributed by atoms with Crippen molar-refractivity contribution in [1.82, 2.24) is 15.2 Å². The van der Waals surface area contributed by atoms with Gasteiger partial charge in [0.2, 0.25) is 5.88 Å². The number of carbonyl (C=O) groups excluding carboxylic acids is 1. The Balaban J connectivity index is 1.80. The van der Waals surface area contributed by atoms with Gasteiger partial charge in [0, 0.05) is 25.8 Å². The molecule has 1 aromatic heterocycles. The summed E-state index contributed by atoms with van der Waals surface area (Å²) in [4.78, 5) is 18.5. The predicted molar refractivity (Wildman–Crippen MR) is 78.0 cm³/mol. The first kappa shape index (κ1) is 14.8. The summed E-state index contributed by atoms with van der Waals surface area (Å²) in [5.41, 5.74) is 0.488. The standard InChI is InChI=1S/C15H23N3O2/c1-12-5-4-9-18(11-12)10-8-16-14(19)13-6-3-7-17-15(13)20-2/h3,6-7,12H,4-5,8-11H2,1-2H3,(H,16,19)/t12-/m1/s1. The molecule has 0 aliphatic carbocycles. The summed E-state index contributed by atoms with van der Waals surface area (Å²) in [6.45, 7) is 6.11. The summed E-state index contributed by atoms with van der Waals surface area (Å²) < 4.78 is 5.09. The van der Waals surface area contributed by atoms with E-state index in [0.717, 1.165) is 25.6 Å². The van der Waals surface area contributed by atoms with E-state index in [1.54, 1.807) is 18.3 Å². The van der Waals surface area contributed by atoms with Gasteiger partial charge in [0.25, 0.3) is 5.91 Å². The molecule has 1 aromatic rings. The fraction of sp³-hybridized carbons (Fsp3) is 0.600. The fourth-order valence-corrected chi connectivity index (χ4v) is 2.64. The number of amides is 1. The van der Waals surface area contributed by atoms with Gasteiger partial charge in [-0.3, -0.25) is 4.79 Å². The third-order valence-corrected chi connectivity index (χ3v) is 3.66. The summed E-state index contributed by atoms with van der Waals surface area (Å²) in [5, 5.41) is 2.94. The molecule has 2 heterocycles. The fourth-order valence-electron chi connectivity index (χ4n) is 2.64. The molecule has 1 amide bonds. The van der Waals surface area contributed by atoms with Crippen molar-refractivity contribution in [3.63, 3.8) is 0 Å². The molecule has 0 bridgehead atoms. The largest absolute Gasteiger partial charge is 0.480 e. The molecular weight excluding hydrogens is 254 g/mol. The summed E-state index contributed by atoms with van der Waals surface area (Å²) in [6, 6.07) is 3.47. The first-order valence-electron chi connectivity index (χ1n) is 7.20. The Morgan fingerprint density at radius 1 is 1.60 bits per heavy atom. The van der Waals surface area contributed by atoms with Crippen LogP contribution in [0.5, 0.6) is 5.88 Å². The van der Waals surface area contributed by atoms with Crippen LogP contribution in [-0.4, -0.2) is 49.1 Å². The molecule has 1 aliphatic heterocycles. The highest BCUT2D eigenvalue weighted by atomic mass is 16.5. The zero-order valence-corrected chi connectivity index (χ0v) is 12.3. The van der Waals surface area contributed by atoms with Crippen LogP contribution in [-0.2, 0) is 0 Å². The molecule has 5 nitrogen and oxygen atoms in total. The molecule has 1 atom stereocenters. The molecule has 1 fully saturated rings. The minimum Gasteiger partial charge on any atom is -0.480 e. The minimum absolute atomic E-state index is 0.125. The number of hydrogen-bond acceptors (Lipinski definition) is 4. The lowest BCUT2D eigenvalue weighted by atomic mass is 10.0. The van der Waals surface area contributed by atoms with E-state index in [4.69, 9.17) is 4.74 Å². The van der Waals surface area contributed by atoms with Crippen LogP contribution in [0.2, 0.25) is 0 Å². The van der Waals surface area contributed by atoms with Crippen LogP contribution < -0.4 is 10.1 Å². The number of hydrogen-bond donors (Lipinski definition) is 1. The Hall–Kier alpha value is -1.62. The van der Waals surface area contributed by atoms with Crippen molar-refractivity contribution in [2.45, 2.75) is 19.8 Å². The molecule has 0 saturated carbocycles. The number of pyridine rings is 1. The molecule has 0 aromatic carbocycles. The van der Waals surface area contributed by atoms with Crippen molar-refractivity contribution in [3.05, 3.63) is 23.9 Å². The van der Waals surface area contributed by atoms with Crippen molar-refractivity contribution in [2.24, 2.45) is 5.92 Å². The number of methoxy groups -OCH3 is 1. The molecule has 110 valence electrons. The lowest BCUT2D eigenvalue weighted by molar-refractivity contribution is 0.0940. The zero-order valence-electron chi connectivity index (χ0n) is 12.3. The first-order chi connectivity index (χ1) is 9.70. The number of likely N-dealkylation sites (tertiary alicyclic amines) is 1. The van der Waals surface area contributed by atoms with E-state index >= 15 is 0 Å². The van der Waals surface area contributed by atoms with Gasteiger partial charge in [-0.15, -0.1) is 0 Å². The second-order valence-electron chi connectivity index (χ2n) is 5.36. The SMILES string of the molecule is COc1ncccc1C(=O)NCCN1CCC[C@@H](C)C1. The van der Waals surface area contributed by atoms with Gasteiger partial charge in [0.15, 0.2) is 0 Å². The molecule has 0 unspecified atom stereocenters.